The third-order valence-corrected chi connectivity index (χ3v) is 1.91. The fourth-order valence-electron chi connectivity index (χ4n) is 0.746. The molecule has 0 bridgehead atoms. The zero-order valence-corrected chi connectivity index (χ0v) is 5.74. The van der Waals surface area contributed by atoms with Crippen LogP contribution in [0.1, 0.15) is 12.8 Å². The van der Waals surface area contributed by atoms with E-state index in [-0.39, 0.29) is 0 Å². The molecule has 1 heterocycles. The van der Waals surface area contributed by atoms with Gasteiger partial charge in [0.1, 0.15) is 4.99 Å². The number of rotatable bonds is 0. The summed E-state index contributed by atoms with van der Waals surface area (Å²) in [7, 11) is -2.03. The average Bonchev–Trinajstić information content (AvgIpc) is 1.90. The Balaban J connectivity index is 2.72. The lowest BCUT2D eigenvalue weighted by molar-refractivity contribution is 0.625. The standard InChI is InChI=1S/C5H8NO2S/c7-9(8)5-3-1-2-4-6-5/h1,6H,2-4H2. The zero-order valence-electron chi connectivity index (χ0n) is 4.92. The van der Waals surface area contributed by atoms with E-state index in [0.29, 0.717) is 11.4 Å². The number of piperidine rings is 1. The molecule has 1 radical (unpaired) electrons. The first kappa shape index (κ1) is 6.77. The molecular weight excluding hydrogens is 138 g/mol. The molecule has 0 aromatic carbocycles. The Bertz CT molecular complexity index is 201. The van der Waals surface area contributed by atoms with Gasteiger partial charge in [-0.2, -0.15) is 8.42 Å². The highest BCUT2D eigenvalue weighted by molar-refractivity contribution is 7.72. The molecule has 0 unspecified atom stereocenters. The first-order valence-electron chi connectivity index (χ1n) is 2.81. The summed E-state index contributed by atoms with van der Waals surface area (Å²) in [4.78, 5) is 0.418. The first-order chi connectivity index (χ1) is 4.30. The lowest BCUT2D eigenvalue weighted by atomic mass is 10.2. The maximum absolute atomic E-state index is 10.2. The molecule has 0 atom stereocenters. The van der Waals surface area contributed by atoms with Crippen LogP contribution in [0.15, 0.2) is 0 Å². The lowest BCUT2D eigenvalue weighted by Crippen LogP contribution is -2.29. The molecule has 0 spiro atoms. The molecule has 0 aromatic heterocycles. The van der Waals surface area contributed by atoms with E-state index in [0.717, 1.165) is 13.0 Å². The summed E-state index contributed by atoms with van der Waals surface area (Å²) in [6.07, 6.45) is 3.48. The van der Waals surface area contributed by atoms with Crippen LogP contribution in [0, 0.1) is 6.42 Å². The van der Waals surface area contributed by atoms with Gasteiger partial charge in [-0.1, -0.05) is 0 Å². The van der Waals surface area contributed by atoms with Crippen molar-refractivity contribution >= 4 is 15.3 Å². The Kier molecular flexibility index (Phi) is 2.24. The van der Waals surface area contributed by atoms with Crippen molar-refractivity contribution in [1.82, 2.24) is 5.32 Å². The summed E-state index contributed by atoms with van der Waals surface area (Å²) in [6, 6.07) is 0. The maximum Gasteiger partial charge on any atom is 0.228 e. The highest BCUT2D eigenvalue weighted by atomic mass is 32.2. The van der Waals surface area contributed by atoms with E-state index in [1.807, 2.05) is 6.42 Å². The number of hydrogen-bond donors (Lipinski definition) is 1. The van der Waals surface area contributed by atoms with E-state index in [4.69, 9.17) is 0 Å². The Hall–Kier alpha value is -0.350. The highest BCUT2D eigenvalue weighted by Crippen LogP contribution is 1.98. The predicted octanol–water partition coefficient (Wildman–Crippen LogP) is -0.417. The Labute approximate surface area is 55.6 Å². The summed E-state index contributed by atoms with van der Waals surface area (Å²) in [5.74, 6) is 0. The van der Waals surface area contributed by atoms with Crippen LogP contribution in [-0.4, -0.2) is 20.0 Å². The lowest BCUT2D eigenvalue weighted by Gasteiger charge is -2.09. The summed E-state index contributed by atoms with van der Waals surface area (Å²) in [5, 5.41) is 2.79. The van der Waals surface area contributed by atoms with Crippen molar-refractivity contribution in [3.63, 3.8) is 0 Å². The third kappa shape index (κ3) is 1.80. The van der Waals surface area contributed by atoms with E-state index >= 15 is 0 Å². The molecule has 1 aliphatic rings. The average molecular weight is 146 g/mol. The SMILES string of the molecule is O=S(=O)=C1C[CH]CCN1. The van der Waals surface area contributed by atoms with Gasteiger partial charge >= 0.3 is 0 Å². The molecule has 1 N–H and O–H groups in total. The van der Waals surface area contributed by atoms with E-state index in [2.05, 4.69) is 5.32 Å². The summed E-state index contributed by atoms with van der Waals surface area (Å²) >= 11 is 0. The van der Waals surface area contributed by atoms with Crippen LogP contribution < -0.4 is 5.32 Å². The Morgan fingerprint density at radius 3 is 2.67 bits per heavy atom. The molecule has 1 fully saturated rings. The maximum atomic E-state index is 10.2. The van der Waals surface area contributed by atoms with Gasteiger partial charge in [0, 0.05) is 13.0 Å². The molecule has 0 aliphatic carbocycles. The van der Waals surface area contributed by atoms with Crippen LogP contribution >= 0.6 is 0 Å². The normalized spacial score (nSPS) is 19.8. The molecule has 4 heteroatoms. The fraction of sp³-hybridized carbons (Fsp3) is 0.600. The van der Waals surface area contributed by atoms with E-state index in [1.54, 1.807) is 0 Å². The minimum Gasteiger partial charge on any atom is -0.279 e. The fourth-order valence-corrected chi connectivity index (χ4v) is 1.22. The Morgan fingerprint density at radius 1 is 1.56 bits per heavy atom. The first-order valence-corrected chi connectivity index (χ1v) is 3.89. The van der Waals surface area contributed by atoms with Gasteiger partial charge in [0.15, 0.2) is 0 Å². The van der Waals surface area contributed by atoms with E-state index in [1.165, 1.54) is 0 Å². The van der Waals surface area contributed by atoms with Crippen molar-refractivity contribution in [1.29, 1.82) is 0 Å². The molecule has 9 heavy (non-hydrogen) atoms. The van der Waals surface area contributed by atoms with Crippen molar-refractivity contribution in [3.8, 4) is 0 Å². The smallest absolute Gasteiger partial charge is 0.228 e. The molecule has 0 amide bonds. The van der Waals surface area contributed by atoms with Gasteiger partial charge in [-0.05, 0) is 12.8 Å². The minimum atomic E-state index is -2.03. The van der Waals surface area contributed by atoms with Gasteiger partial charge < -0.3 is 0 Å². The Morgan fingerprint density at radius 2 is 2.33 bits per heavy atom. The zero-order chi connectivity index (χ0) is 6.69. The van der Waals surface area contributed by atoms with Crippen LogP contribution in [0.25, 0.3) is 0 Å². The summed E-state index contributed by atoms with van der Waals surface area (Å²) in [6.45, 7) is 0.753. The third-order valence-electron chi connectivity index (χ3n) is 1.20. The molecule has 51 valence electrons. The van der Waals surface area contributed by atoms with Crippen molar-refractivity contribution in [3.05, 3.63) is 6.42 Å². The molecule has 1 aliphatic heterocycles. The van der Waals surface area contributed by atoms with Crippen LogP contribution in [0.2, 0.25) is 0 Å². The van der Waals surface area contributed by atoms with Gasteiger partial charge in [-0.3, -0.25) is 5.32 Å². The second kappa shape index (κ2) is 2.98. The minimum absolute atomic E-state index is 0.418. The monoisotopic (exact) mass is 146 g/mol. The highest BCUT2D eigenvalue weighted by Gasteiger charge is 2.05. The predicted molar refractivity (Wildman–Crippen MR) is 35.5 cm³/mol. The van der Waals surface area contributed by atoms with Crippen LogP contribution in [0.3, 0.4) is 0 Å². The molecular formula is C5H8NO2S. The summed E-state index contributed by atoms with van der Waals surface area (Å²) < 4.78 is 20.5. The molecule has 1 rings (SSSR count). The van der Waals surface area contributed by atoms with Gasteiger partial charge in [0.05, 0.1) is 0 Å². The van der Waals surface area contributed by atoms with E-state index < -0.39 is 10.3 Å². The quantitative estimate of drug-likeness (QED) is 0.472. The molecule has 1 saturated heterocycles. The summed E-state index contributed by atoms with van der Waals surface area (Å²) in [5.41, 5.74) is 0. The van der Waals surface area contributed by atoms with E-state index in [9.17, 15) is 8.42 Å². The van der Waals surface area contributed by atoms with Crippen LogP contribution in [-0.2, 0) is 10.3 Å². The molecule has 0 saturated carbocycles. The van der Waals surface area contributed by atoms with Gasteiger partial charge in [0.2, 0.25) is 10.3 Å². The van der Waals surface area contributed by atoms with Crippen molar-refractivity contribution in [2.75, 3.05) is 6.54 Å². The largest absolute Gasteiger partial charge is 0.279 e. The van der Waals surface area contributed by atoms with Crippen molar-refractivity contribution < 1.29 is 8.42 Å². The number of nitrogens with one attached hydrogen (secondary N) is 1. The second-order valence-corrected chi connectivity index (χ2v) is 2.83. The molecule has 0 aromatic rings. The number of hydrogen-bond acceptors (Lipinski definition) is 2. The topological polar surface area (TPSA) is 46.2 Å². The van der Waals surface area contributed by atoms with Gasteiger partial charge in [-0.25, -0.2) is 0 Å². The van der Waals surface area contributed by atoms with Crippen LogP contribution in [0.5, 0.6) is 0 Å². The van der Waals surface area contributed by atoms with Crippen molar-refractivity contribution in [2.45, 2.75) is 12.8 Å². The van der Waals surface area contributed by atoms with Gasteiger partial charge in [-0.15, -0.1) is 0 Å². The van der Waals surface area contributed by atoms with Crippen LogP contribution in [0.4, 0.5) is 0 Å². The molecule has 3 nitrogen and oxygen atoms in total. The van der Waals surface area contributed by atoms with Gasteiger partial charge in [0.25, 0.3) is 0 Å². The van der Waals surface area contributed by atoms with Crippen molar-refractivity contribution in [2.24, 2.45) is 0 Å². The second-order valence-electron chi connectivity index (χ2n) is 1.87.